The maximum Gasteiger partial charge on any atom is 0.0604 e. The summed E-state index contributed by atoms with van der Waals surface area (Å²) in [5.74, 6) is 0.607. The molecule has 2 heteroatoms. The number of likely N-dealkylation sites (N-methyl/N-ethyl adjacent to an activating group) is 2. The van der Waals surface area contributed by atoms with Crippen molar-refractivity contribution < 1.29 is 0 Å². The fourth-order valence-corrected chi connectivity index (χ4v) is 2.07. The summed E-state index contributed by atoms with van der Waals surface area (Å²) >= 11 is 0. The molecule has 0 amide bonds. The van der Waals surface area contributed by atoms with Gasteiger partial charge in [-0.2, -0.15) is 0 Å². The highest BCUT2D eigenvalue weighted by atomic mass is 15.2. The lowest BCUT2D eigenvalue weighted by Crippen LogP contribution is -2.36. The molecule has 1 aliphatic rings. The first-order valence-corrected chi connectivity index (χ1v) is 6.66. The molecular formula is C15H26N2. The van der Waals surface area contributed by atoms with Gasteiger partial charge in [-0.15, -0.1) is 0 Å². The molecule has 0 fully saturated rings. The molecule has 0 radical (unpaired) electrons. The molecule has 0 N–H and O–H groups in total. The maximum absolute atomic E-state index is 2.35. The van der Waals surface area contributed by atoms with Crippen molar-refractivity contribution in [1.29, 1.82) is 0 Å². The number of benzene rings is 1. The molecule has 96 valence electrons. The van der Waals surface area contributed by atoms with Crippen LogP contribution in [0.3, 0.4) is 0 Å². The van der Waals surface area contributed by atoms with Crippen LogP contribution >= 0.6 is 0 Å². The van der Waals surface area contributed by atoms with Gasteiger partial charge >= 0.3 is 0 Å². The van der Waals surface area contributed by atoms with Crippen LogP contribution in [0.2, 0.25) is 0 Å². The van der Waals surface area contributed by atoms with E-state index < -0.39 is 0 Å². The normalized spacial score (nSPS) is 14.3. The summed E-state index contributed by atoms with van der Waals surface area (Å²) in [6.07, 6.45) is 0. The maximum atomic E-state index is 2.35. The van der Waals surface area contributed by atoms with Crippen LogP contribution in [0.4, 0.5) is 11.4 Å². The molecule has 1 aromatic rings. The minimum atomic E-state index is 0.607. The van der Waals surface area contributed by atoms with Crippen LogP contribution in [-0.4, -0.2) is 27.2 Å². The van der Waals surface area contributed by atoms with Crippen molar-refractivity contribution in [3.63, 3.8) is 0 Å². The molecular weight excluding hydrogens is 208 g/mol. The van der Waals surface area contributed by atoms with Gasteiger partial charge in [-0.1, -0.05) is 33.8 Å². The van der Waals surface area contributed by atoms with Gasteiger partial charge in [0, 0.05) is 27.2 Å². The predicted molar refractivity (Wildman–Crippen MR) is 78.4 cm³/mol. The van der Waals surface area contributed by atoms with Crippen molar-refractivity contribution in [2.75, 3.05) is 37.0 Å². The molecule has 0 saturated heterocycles. The van der Waals surface area contributed by atoms with Gasteiger partial charge in [0.2, 0.25) is 0 Å². The quantitative estimate of drug-likeness (QED) is 0.730. The fraction of sp³-hybridized carbons (Fsp3) is 0.600. The lowest BCUT2D eigenvalue weighted by atomic mass is 10.0. The molecule has 17 heavy (non-hydrogen) atoms. The van der Waals surface area contributed by atoms with E-state index in [4.69, 9.17) is 0 Å². The van der Waals surface area contributed by atoms with Gasteiger partial charge in [0.1, 0.15) is 0 Å². The molecule has 0 unspecified atom stereocenters. The lowest BCUT2D eigenvalue weighted by molar-refractivity contribution is 0.791. The average molecular weight is 234 g/mol. The zero-order valence-corrected chi connectivity index (χ0v) is 12.1. The van der Waals surface area contributed by atoms with Crippen molar-refractivity contribution in [2.24, 2.45) is 0 Å². The molecule has 0 aliphatic carbocycles. The molecule has 1 heterocycles. The Labute approximate surface area is 106 Å². The van der Waals surface area contributed by atoms with E-state index >= 15 is 0 Å². The smallest absolute Gasteiger partial charge is 0.0604 e. The Morgan fingerprint density at radius 2 is 1.47 bits per heavy atom. The molecule has 1 aliphatic heterocycles. The Hall–Kier alpha value is -1.18. The van der Waals surface area contributed by atoms with Crippen molar-refractivity contribution in [2.45, 2.75) is 33.6 Å². The first-order valence-electron chi connectivity index (χ1n) is 6.66. The van der Waals surface area contributed by atoms with Crippen LogP contribution < -0.4 is 9.80 Å². The van der Waals surface area contributed by atoms with Gasteiger partial charge in [-0.25, -0.2) is 0 Å². The summed E-state index contributed by atoms with van der Waals surface area (Å²) in [6.45, 7) is 10.7. The first-order chi connectivity index (χ1) is 8.09. The van der Waals surface area contributed by atoms with E-state index in [2.05, 4.69) is 55.9 Å². The van der Waals surface area contributed by atoms with Gasteiger partial charge in [-0.3, -0.25) is 0 Å². The van der Waals surface area contributed by atoms with Crippen molar-refractivity contribution >= 4 is 11.4 Å². The molecule has 0 aromatic heterocycles. The van der Waals surface area contributed by atoms with Crippen molar-refractivity contribution in [1.82, 2.24) is 0 Å². The van der Waals surface area contributed by atoms with E-state index in [1.807, 2.05) is 13.8 Å². The van der Waals surface area contributed by atoms with Crippen LogP contribution in [-0.2, 0) is 0 Å². The summed E-state index contributed by atoms with van der Waals surface area (Å²) in [4.78, 5) is 4.68. The SMILES string of the molecule is CC.CC(C)c1ccc2c(c1)N(C)CCN2C. The number of nitrogens with zero attached hydrogens (tertiary/aromatic N) is 2. The molecule has 0 atom stereocenters. The summed E-state index contributed by atoms with van der Waals surface area (Å²) in [6, 6.07) is 6.83. The van der Waals surface area contributed by atoms with E-state index in [1.165, 1.54) is 16.9 Å². The summed E-state index contributed by atoms with van der Waals surface area (Å²) in [5.41, 5.74) is 4.15. The second-order valence-corrected chi connectivity index (χ2v) is 4.75. The summed E-state index contributed by atoms with van der Waals surface area (Å²) < 4.78 is 0. The highest BCUT2D eigenvalue weighted by molar-refractivity contribution is 5.73. The highest BCUT2D eigenvalue weighted by Gasteiger charge is 2.17. The summed E-state index contributed by atoms with van der Waals surface area (Å²) in [7, 11) is 4.34. The fourth-order valence-electron chi connectivity index (χ4n) is 2.07. The topological polar surface area (TPSA) is 6.48 Å². The van der Waals surface area contributed by atoms with Crippen molar-refractivity contribution in [3.05, 3.63) is 23.8 Å². The monoisotopic (exact) mass is 234 g/mol. The van der Waals surface area contributed by atoms with Crippen LogP contribution in [0.25, 0.3) is 0 Å². The minimum Gasteiger partial charge on any atom is -0.371 e. The van der Waals surface area contributed by atoms with E-state index in [1.54, 1.807) is 0 Å². The third-order valence-electron chi connectivity index (χ3n) is 3.26. The lowest BCUT2D eigenvalue weighted by Gasteiger charge is -2.35. The van der Waals surface area contributed by atoms with Crippen LogP contribution in [0.15, 0.2) is 18.2 Å². The Morgan fingerprint density at radius 3 is 2.00 bits per heavy atom. The van der Waals surface area contributed by atoms with E-state index in [0.717, 1.165) is 13.1 Å². The first kappa shape index (κ1) is 13.9. The van der Waals surface area contributed by atoms with Crippen molar-refractivity contribution in [3.8, 4) is 0 Å². The van der Waals surface area contributed by atoms with Gasteiger partial charge in [-0.05, 0) is 23.6 Å². The third-order valence-corrected chi connectivity index (χ3v) is 3.26. The number of hydrogen-bond donors (Lipinski definition) is 0. The number of hydrogen-bond acceptors (Lipinski definition) is 2. The Kier molecular flexibility index (Phi) is 4.86. The van der Waals surface area contributed by atoms with Gasteiger partial charge in [0.15, 0.2) is 0 Å². The molecule has 2 rings (SSSR count). The molecule has 2 nitrogen and oxygen atoms in total. The van der Waals surface area contributed by atoms with Crippen LogP contribution in [0.1, 0.15) is 39.2 Å². The Bertz CT molecular complexity index is 358. The molecule has 1 aromatic carbocycles. The van der Waals surface area contributed by atoms with Crippen LogP contribution in [0.5, 0.6) is 0 Å². The predicted octanol–water partition coefficient (Wildman–Crippen LogP) is 3.72. The highest BCUT2D eigenvalue weighted by Crippen LogP contribution is 2.33. The van der Waals surface area contributed by atoms with E-state index in [-0.39, 0.29) is 0 Å². The van der Waals surface area contributed by atoms with E-state index in [0.29, 0.717) is 5.92 Å². The van der Waals surface area contributed by atoms with Gasteiger partial charge in [0.05, 0.1) is 11.4 Å². The number of rotatable bonds is 1. The minimum absolute atomic E-state index is 0.607. The largest absolute Gasteiger partial charge is 0.371 e. The molecule has 0 bridgehead atoms. The van der Waals surface area contributed by atoms with Gasteiger partial charge in [0.25, 0.3) is 0 Å². The standard InChI is InChI=1S/C13H20N2.C2H6/c1-10(2)11-5-6-12-13(9-11)15(4)8-7-14(12)3;1-2/h5-6,9-10H,7-8H2,1-4H3;1-2H3. The zero-order chi connectivity index (χ0) is 13.0. The second-order valence-electron chi connectivity index (χ2n) is 4.75. The third kappa shape index (κ3) is 2.93. The average Bonchev–Trinajstić information content (AvgIpc) is 2.36. The van der Waals surface area contributed by atoms with Crippen LogP contribution in [0, 0.1) is 0 Å². The molecule has 0 saturated carbocycles. The zero-order valence-electron chi connectivity index (χ0n) is 12.1. The van der Waals surface area contributed by atoms with E-state index in [9.17, 15) is 0 Å². The summed E-state index contributed by atoms with van der Waals surface area (Å²) in [5, 5.41) is 0. The number of anilines is 2. The Balaban J connectivity index is 0.000000686. The Morgan fingerprint density at radius 1 is 0.941 bits per heavy atom. The number of fused-ring (bicyclic) bond motifs is 1. The van der Waals surface area contributed by atoms with Gasteiger partial charge < -0.3 is 9.80 Å². The molecule has 0 spiro atoms. The second kappa shape index (κ2) is 5.95.